The van der Waals surface area contributed by atoms with Crippen molar-refractivity contribution in [2.24, 2.45) is 17.2 Å². The number of likely N-dealkylation sites (N-methyl/N-ethyl adjacent to an activating group) is 1. The Balaban J connectivity index is 1.50. The molecule has 5 atom stereocenters. The number of rotatable bonds is 22. The Hall–Kier alpha value is -6.62. The number of unbranched alkanes of at least 4 members (excludes halogenated alkanes) is 2. The average molecular weight is 947 g/mol. The molecular formula is C53H70N8O8. The molecule has 10 N–H and O–H groups in total. The molecule has 1 heterocycles. The van der Waals surface area contributed by atoms with E-state index in [1.807, 2.05) is 18.2 Å². The second-order valence-corrected chi connectivity index (χ2v) is 17.7. The first-order valence-electron chi connectivity index (χ1n) is 24.0. The Morgan fingerprint density at radius 2 is 1.39 bits per heavy atom. The maximum absolute atomic E-state index is 14.6. The van der Waals surface area contributed by atoms with Gasteiger partial charge in [-0.25, -0.2) is 0 Å². The third-order valence-electron chi connectivity index (χ3n) is 12.2. The number of fused-ring (bicyclic) bond motifs is 5. The quantitative estimate of drug-likeness (QED) is 0.0552. The van der Waals surface area contributed by atoms with Crippen molar-refractivity contribution in [1.82, 2.24) is 26.2 Å². The molecule has 5 amide bonds. The molecule has 0 radical (unpaired) electrons. The molecule has 370 valence electrons. The fourth-order valence-corrected chi connectivity index (χ4v) is 8.04. The van der Waals surface area contributed by atoms with Crippen LogP contribution < -0.4 is 47.9 Å². The maximum atomic E-state index is 14.6. The molecule has 16 heteroatoms. The largest absolute Gasteiger partial charge is 0.492 e. The van der Waals surface area contributed by atoms with Crippen LogP contribution in [0.25, 0.3) is 22.3 Å². The van der Waals surface area contributed by atoms with E-state index >= 15 is 0 Å². The van der Waals surface area contributed by atoms with Crippen molar-refractivity contribution in [2.45, 2.75) is 103 Å². The number of nitrogens with one attached hydrogen (secondary N) is 4. The van der Waals surface area contributed by atoms with Gasteiger partial charge < -0.3 is 52.8 Å². The van der Waals surface area contributed by atoms with Crippen LogP contribution in [0.15, 0.2) is 84.9 Å². The van der Waals surface area contributed by atoms with E-state index in [2.05, 4.69) is 52.5 Å². The van der Waals surface area contributed by atoms with Crippen molar-refractivity contribution in [1.29, 1.82) is 0 Å². The zero-order valence-electron chi connectivity index (χ0n) is 40.6. The van der Waals surface area contributed by atoms with Gasteiger partial charge in [0, 0.05) is 49.8 Å². The summed E-state index contributed by atoms with van der Waals surface area (Å²) in [5, 5.41) is 11.2. The van der Waals surface area contributed by atoms with Gasteiger partial charge >= 0.3 is 0 Å². The van der Waals surface area contributed by atoms with Gasteiger partial charge in [-0.05, 0) is 124 Å². The molecule has 4 bridgehead atoms. The van der Waals surface area contributed by atoms with E-state index in [-0.39, 0.29) is 45.1 Å². The summed E-state index contributed by atoms with van der Waals surface area (Å²) in [6, 6.07) is 22.1. The van der Waals surface area contributed by atoms with E-state index in [4.69, 9.17) is 26.7 Å². The molecule has 16 nitrogen and oxygen atoms in total. The lowest BCUT2D eigenvalue weighted by Gasteiger charge is -2.30. The lowest BCUT2D eigenvalue weighted by molar-refractivity contribution is -0.134. The first-order chi connectivity index (χ1) is 33.2. The van der Waals surface area contributed by atoms with E-state index in [0.29, 0.717) is 65.1 Å². The Kier molecular flexibility index (Phi) is 20.3. The van der Waals surface area contributed by atoms with Gasteiger partial charge in [0.15, 0.2) is 5.78 Å². The number of amides is 5. The number of aryl methyl sites for hydroxylation is 1. The second kappa shape index (κ2) is 26.2. The minimum absolute atomic E-state index is 0.0170. The first kappa shape index (κ1) is 53.3. The molecule has 4 aromatic rings. The van der Waals surface area contributed by atoms with Crippen LogP contribution in [0.1, 0.15) is 92.8 Å². The molecule has 0 aromatic heterocycles. The van der Waals surface area contributed by atoms with Crippen LogP contribution in [0, 0.1) is 0 Å². The monoisotopic (exact) mass is 947 g/mol. The highest BCUT2D eigenvalue weighted by molar-refractivity contribution is 5.98. The Morgan fingerprint density at radius 3 is 2.00 bits per heavy atom. The van der Waals surface area contributed by atoms with Crippen LogP contribution in [0.4, 0.5) is 0 Å². The Bertz CT molecular complexity index is 2390. The number of nitrogens with zero attached hydrogens (tertiary/aromatic N) is 1. The van der Waals surface area contributed by atoms with Crippen molar-refractivity contribution in [3.63, 3.8) is 0 Å². The molecule has 69 heavy (non-hydrogen) atoms. The minimum atomic E-state index is -1.15. The van der Waals surface area contributed by atoms with Crippen molar-refractivity contribution in [2.75, 3.05) is 46.4 Å². The number of carbonyl (C=O) groups excluding carboxylic acids is 6. The van der Waals surface area contributed by atoms with Gasteiger partial charge in [0.25, 0.3) is 5.91 Å². The SMILES string of the molecule is CCCCc1ccc(-c2ccc(C(=O)NC(CCCCN)C(=O)N(C)CC3C(=O)NC(C)C(=O)NC(C(=O)NC(C)C(C)=O)Cc4ccc(OCCN)c(c4)-c4cc3ccc4OCCN)cc2)cc1. The molecule has 0 saturated heterocycles. The summed E-state index contributed by atoms with van der Waals surface area (Å²) < 4.78 is 12.3. The van der Waals surface area contributed by atoms with Gasteiger partial charge in [0.05, 0.1) is 12.0 Å². The van der Waals surface area contributed by atoms with Crippen LogP contribution in [0.2, 0.25) is 0 Å². The highest BCUT2D eigenvalue weighted by Gasteiger charge is 2.33. The molecule has 4 aromatic carbocycles. The van der Waals surface area contributed by atoms with Crippen LogP contribution in [0.3, 0.4) is 0 Å². The smallest absolute Gasteiger partial charge is 0.251 e. The summed E-state index contributed by atoms with van der Waals surface area (Å²) in [7, 11) is 1.56. The number of hydrogen-bond acceptors (Lipinski definition) is 11. The summed E-state index contributed by atoms with van der Waals surface area (Å²) in [6.07, 6.45) is 4.76. The van der Waals surface area contributed by atoms with Crippen LogP contribution >= 0.6 is 0 Å². The average Bonchev–Trinajstić information content (AvgIpc) is 3.35. The normalized spacial score (nSPS) is 16.7. The Labute approximate surface area is 405 Å². The second-order valence-electron chi connectivity index (χ2n) is 17.7. The van der Waals surface area contributed by atoms with Gasteiger partial charge in [-0.1, -0.05) is 61.9 Å². The molecule has 0 spiro atoms. The molecular weight excluding hydrogens is 877 g/mol. The molecule has 5 rings (SSSR count). The number of Topliss-reactive ketones (excluding diaryl/α,β-unsaturated/α-hetero) is 1. The first-order valence-corrected chi connectivity index (χ1v) is 24.0. The predicted molar refractivity (Wildman–Crippen MR) is 268 cm³/mol. The summed E-state index contributed by atoms with van der Waals surface area (Å²) >= 11 is 0. The van der Waals surface area contributed by atoms with E-state index in [1.54, 1.807) is 56.4 Å². The molecule has 1 aliphatic heterocycles. The van der Waals surface area contributed by atoms with E-state index in [9.17, 15) is 28.8 Å². The molecule has 0 fully saturated rings. The Morgan fingerprint density at radius 1 is 0.768 bits per heavy atom. The maximum Gasteiger partial charge on any atom is 0.251 e. The lowest BCUT2D eigenvalue weighted by Crippen LogP contribution is -2.56. The number of hydrogen-bond donors (Lipinski definition) is 7. The highest BCUT2D eigenvalue weighted by Crippen LogP contribution is 2.40. The standard InChI is InChI=1S/C53H70N8O8/c1-6-7-10-36-12-15-38(16-13-36)39-17-19-40(20-18-39)50(64)59-45(11-8-9-24-54)53(67)61(5)32-44-41-21-23-48(69-28-26-56)43(31-41)42-29-37(14-22-47(42)68-27-25-55)30-46(52(66)57-33(2)35(4)62)60-49(63)34(3)58-51(44)65/h12-23,29,31,33-34,44-46H,6-11,24-28,30,32,54-56H2,1-5H3,(H,57,66)(H,58,65)(H,59,64)(H,60,63). The number of nitrogens with two attached hydrogens (primary N) is 3. The van der Waals surface area contributed by atoms with Crippen molar-refractivity contribution >= 4 is 35.3 Å². The van der Waals surface area contributed by atoms with Crippen molar-refractivity contribution in [3.05, 3.63) is 107 Å². The van der Waals surface area contributed by atoms with E-state index < -0.39 is 59.6 Å². The number of benzene rings is 4. The van der Waals surface area contributed by atoms with Gasteiger partial charge in [-0.3, -0.25) is 28.8 Å². The van der Waals surface area contributed by atoms with Gasteiger partial charge in [-0.15, -0.1) is 0 Å². The highest BCUT2D eigenvalue weighted by atomic mass is 16.5. The zero-order chi connectivity index (χ0) is 50.0. The third kappa shape index (κ3) is 14.9. The zero-order valence-corrected chi connectivity index (χ0v) is 40.6. The van der Waals surface area contributed by atoms with Crippen molar-refractivity contribution < 1.29 is 38.2 Å². The van der Waals surface area contributed by atoms with E-state index in [1.165, 1.54) is 24.3 Å². The van der Waals surface area contributed by atoms with Crippen LogP contribution in [-0.4, -0.2) is 111 Å². The summed E-state index contributed by atoms with van der Waals surface area (Å²) in [6.45, 7) is 7.58. The van der Waals surface area contributed by atoms with E-state index in [0.717, 1.165) is 30.4 Å². The number of ether oxygens (including phenoxy) is 2. The van der Waals surface area contributed by atoms with Crippen molar-refractivity contribution in [3.8, 4) is 33.8 Å². The summed E-state index contributed by atoms with van der Waals surface area (Å²) in [5.41, 5.74) is 23.4. The van der Waals surface area contributed by atoms with Gasteiger partial charge in [0.2, 0.25) is 23.6 Å². The molecule has 0 saturated carbocycles. The minimum Gasteiger partial charge on any atom is -0.492 e. The fourth-order valence-electron chi connectivity index (χ4n) is 8.04. The number of ketones is 1. The predicted octanol–water partition coefficient (Wildman–Crippen LogP) is 4.15. The van der Waals surface area contributed by atoms with Crippen LogP contribution in [-0.2, 0) is 36.8 Å². The lowest BCUT2D eigenvalue weighted by atomic mass is 9.91. The molecule has 1 aliphatic rings. The topological polar surface area (TPSA) is 250 Å². The van der Waals surface area contributed by atoms with Gasteiger partial charge in [-0.2, -0.15) is 0 Å². The third-order valence-corrected chi connectivity index (χ3v) is 12.2. The summed E-state index contributed by atoms with van der Waals surface area (Å²) in [4.78, 5) is 84.1. The number of carbonyl (C=O) groups is 6. The molecule has 5 unspecified atom stereocenters. The molecule has 0 aliphatic carbocycles. The van der Waals surface area contributed by atoms with Crippen LogP contribution in [0.5, 0.6) is 11.5 Å². The summed E-state index contributed by atoms with van der Waals surface area (Å²) in [5.74, 6) is -3.17. The van der Waals surface area contributed by atoms with Gasteiger partial charge in [0.1, 0.15) is 42.8 Å². The fraction of sp³-hybridized carbons (Fsp3) is 0.434.